The molecule has 1 saturated heterocycles. The maximum absolute atomic E-state index is 12.1. The summed E-state index contributed by atoms with van der Waals surface area (Å²) in [6, 6.07) is 9.34. The molecule has 1 amide bonds. The van der Waals surface area contributed by atoms with Crippen LogP contribution in [0.25, 0.3) is 0 Å². The normalized spacial score (nSPS) is 18.3. The topological polar surface area (TPSA) is 93.4 Å². The number of aromatic nitrogens is 2. The van der Waals surface area contributed by atoms with Gasteiger partial charge in [0.15, 0.2) is 0 Å². The molecular weight excluding hydrogens is 318 g/mol. The summed E-state index contributed by atoms with van der Waals surface area (Å²) >= 11 is 0. The van der Waals surface area contributed by atoms with Crippen molar-refractivity contribution in [3.05, 3.63) is 42.1 Å². The van der Waals surface area contributed by atoms with E-state index in [2.05, 4.69) is 29.1 Å². The first-order valence-electron chi connectivity index (χ1n) is 8.36. The summed E-state index contributed by atoms with van der Waals surface area (Å²) in [4.78, 5) is 22.5. The number of carbonyl (C=O) groups is 1. The minimum Gasteiger partial charge on any atom is -0.447 e. The molecule has 0 saturated carbocycles. The number of amides is 1. The van der Waals surface area contributed by atoms with Crippen molar-refractivity contribution in [2.24, 2.45) is 5.92 Å². The van der Waals surface area contributed by atoms with Crippen LogP contribution < -0.4 is 16.0 Å². The van der Waals surface area contributed by atoms with Gasteiger partial charge >= 0.3 is 6.09 Å². The molecule has 3 rings (SSSR count). The summed E-state index contributed by atoms with van der Waals surface area (Å²) in [7, 11) is 0. The summed E-state index contributed by atoms with van der Waals surface area (Å²) in [5.74, 6) is 1.28. The van der Waals surface area contributed by atoms with E-state index in [-0.39, 0.29) is 24.1 Å². The third-order valence-electron chi connectivity index (χ3n) is 4.35. The average molecular weight is 341 g/mol. The summed E-state index contributed by atoms with van der Waals surface area (Å²) in [6.45, 7) is 6.51. The molecule has 1 aromatic heterocycles. The number of cyclic esters (lactones) is 1. The van der Waals surface area contributed by atoms with Gasteiger partial charge in [-0.05, 0) is 36.6 Å². The monoisotopic (exact) mass is 341 g/mol. The predicted molar refractivity (Wildman–Crippen MR) is 97.4 cm³/mol. The van der Waals surface area contributed by atoms with Gasteiger partial charge in [-0.3, -0.25) is 4.90 Å². The zero-order chi connectivity index (χ0) is 18.0. The van der Waals surface area contributed by atoms with Gasteiger partial charge in [0, 0.05) is 11.9 Å². The van der Waals surface area contributed by atoms with Crippen LogP contribution in [0.1, 0.15) is 32.4 Å². The molecule has 25 heavy (non-hydrogen) atoms. The third kappa shape index (κ3) is 3.65. The standard InChI is InChI=1S/C18H23N5O2/c1-11(2)15-10-25-18(24)23(15)16-8-9-20-17(22-16)21-12(3)13-4-6-14(19)7-5-13/h4-9,11-12,15H,10,19H2,1-3H3,(H,20,21,22)/t12-,15?/m0/s1. The Morgan fingerprint density at radius 3 is 2.64 bits per heavy atom. The first-order chi connectivity index (χ1) is 12.0. The van der Waals surface area contributed by atoms with E-state index < -0.39 is 0 Å². The van der Waals surface area contributed by atoms with Crippen LogP contribution in [0.15, 0.2) is 36.5 Å². The molecule has 1 aliphatic rings. The van der Waals surface area contributed by atoms with Crippen molar-refractivity contribution in [3.8, 4) is 0 Å². The number of nitrogens with one attached hydrogen (secondary N) is 1. The Balaban J connectivity index is 1.79. The number of anilines is 3. The Bertz CT molecular complexity index is 747. The fraction of sp³-hybridized carbons (Fsp3) is 0.389. The van der Waals surface area contributed by atoms with Crippen LogP contribution in [-0.4, -0.2) is 28.7 Å². The van der Waals surface area contributed by atoms with Crippen LogP contribution in [0.5, 0.6) is 0 Å². The van der Waals surface area contributed by atoms with Crippen molar-refractivity contribution in [3.63, 3.8) is 0 Å². The lowest BCUT2D eigenvalue weighted by Crippen LogP contribution is -2.37. The number of nitrogen functional groups attached to an aromatic ring is 1. The van der Waals surface area contributed by atoms with Crippen LogP contribution >= 0.6 is 0 Å². The molecule has 2 aromatic rings. The van der Waals surface area contributed by atoms with Gasteiger partial charge in [-0.15, -0.1) is 0 Å². The molecule has 1 aromatic carbocycles. The van der Waals surface area contributed by atoms with Crippen molar-refractivity contribution < 1.29 is 9.53 Å². The van der Waals surface area contributed by atoms with Gasteiger partial charge in [0.25, 0.3) is 0 Å². The lowest BCUT2D eigenvalue weighted by atomic mass is 10.0. The third-order valence-corrected chi connectivity index (χ3v) is 4.35. The highest BCUT2D eigenvalue weighted by Crippen LogP contribution is 2.26. The predicted octanol–water partition coefficient (Wildman–Crippen LogP) is 3.21. The molecule has 0 bridgehead atoms. The van der Waals surface area contributed by atoms with Crippen molar-refractivity contribution >= 4 is 23.5 Å². The van der Waals surface area contributed by atoms with E-state index in [4.69, 9.17) is 10.5 Å². The van der Waals surface area contributed by atoms with Gasteiger partial charge in [0.2, 0.25) is 5.95 Å². The number of nitrogens with two attached hydrogens (primary N) is 1. The molecule has 132 valence electrons. The summed E-state index contributed by atoms with van der Waals surface area (Å²) in [5.41, 5.74) is 7.52. The molecule has 2 atom stereocenters. The Hall–Kier alpha value is -2.83. The van der Waals surface area contributed by atoms with Crippen LogP contribution in [0.4, 0.5) is 22.2 Å². The number of ether oxygens (including phenoxy) is 1. The molecule has 1 aliphatic heterocycles. The fourth-order valence-electron chi connectivity index (χ4n) is 2.80. The van der Waals surface area contributed by atoms with Crippen molar-refractivity contribution in [2.75, 3.05) is 22.6 Å². The molecule has 7 nitrogen and oxygen atoms in total. The molecule has 0 radical (unpaired) electrons. The Morgan fingerprint density at radius 1 is 1.24 bits per heavy atom. The summed E-state index contributed by atoms with van der Waals surface area (Å²) in [5, 5.41) is 3.26. The molecule has 1 fully saturated rings. The largest absolute Gasteiger partial charge is 0.447 e. The number of nitrogens with zero attached hydrogens (tertiary/aromatic N) is 3. The Labute approximate surface area is 147 Å². The summed E-state index contributed by atoms with van der Waals surface area (Å²) < 4.78 is 5.19. The molecular formula is C18H23N5O2. The zero-order valence-corrected chi connectivity index (χ0v) is 14.6. The first-order valence-corrected chi connectivity index (χ1v) is 8.36. The van der Waals surface area contributed by atoms with E-state index in [0.717, 1.165) is 11.3 Å². The van der Waals surface area contributed by atoms with Gasteiger partial charge in [-0.2, -0.15) is 4.98 Å². The van der Waals surface area contributed by atoms with Crippen LogP contribution in [0.2, 0.25) is 0 Å². The fourth-order valence-corrected chi connectivity index (χ4v) is 2.80. The van der Waals surface area contributed by atoms with Crippen LogP contribution in [-0.2, 0) is 4.74 Å². The second-order valence-corrected chi connectivity index (χ2v) is 6.53. The molecule has 1 unspecified atom stereocenters. The maximum Gasteiger partial charge on any atom is 0.415 e. The van der Waals surface area contributed by atoms with Gasteiger partial charge in [0.05, 0.1) is 12.1 Å². The van der Waals surface area contributed by atoms with Crippen LogP contribution in [0.3, 0.4) is 0 Å². The van der Waals surface area contributed by atoms with E-state index in [0.29, 0.717) is 18.4 Å². The number of hydrogen-bond donors (Lipinski definition) is 2. The SMILES string of the molecule is CC(C)C1COC(=O)N1c1ccnc(N[C@@H](C)c2ccc(N)cc2)n1. The lowest BCUT2D eigenvalue weighted by molar-refractivity contribution is 0.177. The van der Waals surface area contributed by atoms with E-state index >= 15 is 0 Å². The molecule has 0 aliphatic carbocycles. The smallest absolute Gasteiger partial charge is 0.415 e. The molecule has 0 spiro atoms. The molecule has 2 heterocycles. The number of rotatable bonds is 5. The number of carbonyl (C=O) groups excluding carboxylic acids is 1. The number of hydrogen-bond acceptors (Lipinski definition) is 6. The number of benzene rings is 1. The van der Waals surface area contributed by atoms with Crippen LogP contribution in [0, 0.1) is 5.92 Å². The van der Waals surface area contributed by atoms with E-state index in [9.17, 15) is 4.79 Å². The van der Waals surface area contributed by atoms with Crippen molar-refractivity contribution in [2.45, 2.75) is 32.9 Å². The van der Waals surface area contributed by atoms with Crippen molar-refractivity contribution in [1.29, 1.82) is 0 Å². The minimum absolute atomic E-state index is 0.00211. The van der Waals surface area contributed by atoms with Gasteiger partial charge in [-0.1, -0.05) is 26.0 Å². The highest BCUT2D eigenvalue weighted by Gasteiger charge is 2.37. The summed E-state index contributed by atoms with van der Waals surface area (Å²) in [6.07, 6.45) is 1.28. The average Bonchev–Trinajstić information content (AvgIpc) is 2.97. The molecule has 3 N–H and O–H groups in total. The lowest BCUT2D eigenvalue weighted by Gasteiger charge is -2.23. The Kier molecular flexibility index (Phi) is 4.74. The van der Waals surface area contributed by atoms with Gasteiger partial charge < -0.3 is 15.8 Å². The van der Waals surface area contributed by atoms with Gasteiger partial charge in [-0.25, -0.2) is 9.78 Å². The van der Waals surface area contributed by atoms with E-state index in [1.165, 1.54) is 0 Å². The minimum atomic E-state index is -0.366. The Morgan fingerprint density at radius 2 is 1.96 bits per heavy atom. The molecule has 7 heteroatoms. The maximum atomic E-state index is 12.1. The zero-order valence-electron chi connectivity index (χ0n) is 14.6. The quantitative estimate of drug-likeness (QED) is 0.811. The van der Waals surface area contributed by atoms with E-state index in [1.807, 2.05) is 31.2 Å². The highest BCUT2D eigenvalue weighted by atomic mass is 16.6. The van der Waals surface area contributed by atoms with Gasteiger partial charge in [0.1, 0.15) is 12.4 Å². The first kappa shape index (κ1) is 17.0. The second kappa shape index (κ2) is 6.96. The second-order valence-electron chi connectivity index (χ2n) is 6.53. The van der Waals surface area contributed by atoms with Crippen molar-refractivity contribution in [1.82, 2.24) is 9.97 Å². The van der Waals surface area contributed by atoms with E-state index in [1.54, 1.807) is 17.2 Å². The highest BCUT2D eigenvalue weighted by molar-refractivity contribution is 5.89.